The van der Waals surface area contributed by atoms with Crippen molar-refractivity contribution in [2.24, 2.45) is 0 Å². The number of hydrogen-bond donors (Lipinski definition) is 0. The molecule has 2 aromatic carbocycles. The first kappa shape index (κ1) is 17.9. The average Bonchev–Trinajstić information content (AvgIpc) is 2.57. The molecule has 3 nitrogen and oxygen atoms in total. The van der Waals surface area contributed by atoms with Crippen molar-refractivity contribution in [3.8, 4) is 0 Å². The summed E-state index contributed by atoms with van der Waals surface area (Å²) in [5, 5.41) is 0. The van der Waals surface area contributed by atoms with Gasteiger partial charge in [-0.15, -0.1) is 0 Å². The number of carbonyl (C=O) groups is 1. The van der Waals surface area contributed by atoms with Crippen molar-refractivity contribution in [2.75, 3.05) is 0 Å². The van der Waals surface area contributed by atoms with E-state index in [9.17, 15) is 13.6 Å². The van der Waals surface area contributed by atoms with Gasteiger partial charge in [0.1, 0.15) is 23.8 Å². The van der Waals surface area contributed by atoms with E-state index in [4.69, 9.17) is 9.47 Å². The fourth-order valence-electron chi connectivity index (χ4n) is 2.45. The van der Waals surface area contributed by atoms with Gasteiger partial charge in [0.2, 0.25) is 0 Å². The number of rotatable bonds is 6. The molecule has 2 atom stereocenters. The van der Waals surface area contributed by atoms with Crippen LogP contribution in [0.1, 0.15) is 50.0 Å². The number of halogens is 2. The maximum absolute atomic E-state index is 13.3. The van der Waals surface area contributed by atoms with Crippen LogP contribution in [-0.2, 0) is 9.47 Å². The molecular formula is C19H20F2O3. The summed E-state index contributed by atoms with van der Waals surface area (Å²) in [6, 6.07) is 11.8. The van der Waals surface area contributed by atoms with Gasteiger partial charge < -0.3 is 9.47 Å². The van der Waals surface area contributed by atoms with Crippen LogP contribution in [0.15, 0.2) is 48.5 Å². The number of carbonyl (C=O) groups excluding carboxylic acids is 1. The Morgan fingerprint density at radius 3 is 1.62 bits per heavy atom. The van der Waals surface area contributed by atoms with Crippen molar-refractivity contribution in [2.45, 2.75) is 38.9 Å². The second kappa shape index (κ2) is 8.43. The molecule has 0 aliphatic rings. The molecule has 0 bridgehead atoms. The molecule has 0 spiro atoms. The van der Waals surface area contributed by atoms with Gasteiger partial charge in [-0.1, -0.05) is 38.1 Å². The Morgan fingerprint density at radius 2 is 1.29 bits per heavy atom. The van der Waals surface area contributed by atoms with E-state index in [2.05, 4.69) is 0 Å². The second-order valence-corrected chi connectivity index (χ2v) is 5.39. The third kappa shape index (κ3) is 4.78. The lowest BCUT2D eigenvalue weighted by atomic mass is 10.1. The van der Waals surface area contributed by atoms with E-state index < -0.39 is 30.0 Å². The molecule has 2 rings (SSSR count). The molecule has 0 amide bonds. The Hall–Kier alpha value is -2.43. The SMILES string of the molecule is CCC(OC(=O)OC(CC)c1cccc(F)c1)c1cccc(F)c1. The predicted octanol–water partition coefficient (Wildman–Crippen LogP) is 5.72. The van der Waals surface area contributed by atoms with Crippen LogP contribution in [-0.4, -0.2) is 6.16 Å². The Kier molecular flexibility index (Phi) is 6.29. The van der Waals surface area contributed by atoms with Gasteiger partial charge in [0.15, 0.2) is 0 Å². The molecule has 0 radical (unpaired) electrons. The first-order valence-corrected chi connectivity index (χ1v) is 7.91. The average molecular weight is 334 g/mol. The van der Waals surface area contributed by atoms with Crippen LogP contribution in [0.25, 0.3) is 0 Å². The van der Waals surface area contributed by atoms with E-state index >= 15 is 0 Å². The van der Waals surface area contributed by atoms with Crippen molar-refractivity contribution >= 4 is 6.16 Å². The van der Waals surface area contributed by atoms with Gasteiger partial charge >= 0.3 is 6.16 Å². The zero-order chi connectivity index (χ0) is 17.5. The lowest BCUT2D eigenvalue weighted by Gasteiger charge is -2.20. The molecule has 0 aliphatic heterocycles. The van der Waals surface area contributed by atoms with E-state index in [1.165, 1.54) is 24.3 Å². The Morgan fingerprint density at radius 1 is 0.875 bits per heavy atom. The van der Waals surface area contributed by atoms with Gasteiger partial charge in [-0.25, -0.2) is 13.6 Å². The summed E-state index contributed by atoms with van der Waals surface area (Å²) in [6.45, 7) is 3.65. The molecule has 0 aromatic heterocycles. The smallest absolute Gasteiger partial charge is 0.426 e. The van der Waals surface area contributed by atoms with E-state index in [1.807, 2.05) is 13.8 Å². The molecule has 0 fully saturated rings. The van der Waals surface area contributed by atoms with E-state index in [1.54, 1.807) is 24.3 Å². The van der Waals surface area contributed by atoms with E-state index in [-0.39, 0.29) is 0 Å². The van der Waals surface area contributed by atoms with Crippen LogP contribution >= 0.6 is 0 Å². The number of ether oxygens (including phenoxy) is 2. The third-order valence-corrected chi connectivity index (χ3v) is 3.66. The third-order valence-electron chi connectivity index (χ3n) is 3.66. The van der Waals surface area contributed by atoms with Gasteiger partial charge in [0.25, 0.3) is 0 Å². The molecule has 2 unspecified atom stereocenters. The van der Waals surface area contributed by atoms with Gasteiger partial charge in [0.05, 0.1) is 0 Å². The number of hydrogen-bond acceptors (Lipinski definition) is 3. The summed E-state index contributed by atoms with van der Waals surface area (Å²) in [5.74, 6) is -0.789. The first-order valence-electron chi connectivity index (χ1n) is 7.91. The fraction of sp³-hybridized carbons (Fsp3) is 0.316. The quantitative estimate of drug-likeness (QED) is 0.634. The molecule has 0 N–H and O–H groups in total. The zero-order valence-corrected chi connectivity index (χ0v) is 13.7. The highest BCUT2D eigenvalue weighted by molar-refractivity contribution is 5.61. The molecule has 0 saturated carbocycles. The highest BCUT2D eigenvalue weighted by Gasteiger charge is 2.21. The zero-order valence-electron chi connectivity index (χ0n) is 13.7. The molecular weight excluding hydrogens is 314 g/mol. The van der Waals surface area contributed by atoms with Crippen LogP contribution in [0.3, 0.4) is 0 Å². The van der Waals surface area contributed by atoms with Crippen molar-refractivity contribution < 1.29 is 23.0 Å². The highest BCUT2D eigenvalue weighted by Crippen LogP contribution is 2.26. The maximum Gasteiger partial charge on any atom is 0.509 e. The Balaban J connectivity index is 2.04. The fourth-order valence-corrected chi connectivity index (χ4v) is 2.45. The summed E-state index contributed by atoms with van der Waals surface area (Å²) in [6.07, 6.45) is -1.09. The highest BCUT2D eigenvalue weighted by atomic mass is 19.1. The topological polar surface area (TPSA) is 35.5 Å². The van der Waals surface area contributed by atoms with Crippen LogP contribution in [0.2, 0.25) is 0 Å². The molecule has 5 heteroatoms. The minimum absolute atomic E-state index is 0.394. The van der Waals surface area contributed by atoms with Crippen molar-refractivity contribution in [3.63, 3.8) is 0 Å². The van der Waals surface area contributed by atoms with Gasteiger partial charge in [0, 0.05) is 0 Å². The van der Waals surface area contributed by atoms with Crippen LogP contribution < -0.4 is 0 Å². The summed E-state index contributed by atoms with van der Waals surface area (Å²) in [5.41, 5.74) is 1.13. The Bertz CT molecular complexity index is 630. The van der Waals surface area contributed by atoms with Crippen molar-refractivity contribution in [3.05, 3.63) is 71.3 Å². The van der Waals surface area contributed by atoms with Gasteiger partial charge in [-0.2, -0.15) is 0 Å². The first-order chi connectivity index (χ1) is 11.5. The summed E-state index contributed by atoms with van der Waals surface area (Å²) >= 11 is 0. The van der Waals surface area contributed by atoms with Crippen LogP contribution in [0.4, 0.5) is 13.6 Å². The lowest BCUT2D eigenvalue weighted by Crippen LogP contribution is -2.16. The van der Waals surface area contributed by atoms with Crippen molar-refractivity contribution in [1.82, 2.24) is 0 Å². The Labute approximate surface area is 140 Å². The molecule has 0 heterocycles. The predicted molar refractivity (Wildman–Crippen MR) is 86.4 cm³/mol. The molecule has 0 saturated heterocycles. The van der Waals surface area contributed by atoms with Gasteiger partial charge in [-0.05, 0) is 48.2 Å². The molecule has 0 aliphatic carbocycles. The second-order valence-electron chi connectivity index (χ2n) is 5.39. The minimum atomic E-state index is -0.859. The molecule has 2 aromatic rings. The van der Waals surface area contributed by atoms with Crippen LogP contribution in [0, 0.1) is 11.6 Å². The van der Waals surface area contributed by atoms with E-state index in [0.717, 1.165) is 0 Å². The standard InChI is InChI=1S/C19H20F2O3/c1-3-17(13-7-5-9-15(20)11-13)23-19(22)24-18(4-2)14-8-6-10-16(21)12-14/h5-12,17-18H,3-4H2,1-2H3. The van der Waals surface area contributed by atoms with Crippen molar-refractivity contribution in [1.29, 1.82) is 0 Å². The normalized spacial score (nSPS) is 13.2. The van der Waals surface area contributed by atoms with Gasteiger partial charge in [-0.3, -0.25) is 0 Å². The molecule has 128 valence electrons. The summed E-state index contributed by atoms with van der Waals surface area (Å²) in [7, 11) is 0. The van der Waals surface area contributed by atoms with Crippen LogP contribution in [0.5, 0.6) is 0 Å². The maximum atomic E-state index is 13.3. The van der Waals surface area contributed by atoms with E-state index in [0.29, 0.717) is 24.0 Å². The monoisotopic (exact) mass is 334 g/mol. The largest absolute Gasteiger partial charge is 0.509 e. The summed E-state index contributed by atoms with van der Waals surface area (Å²) in [4.78, 5) is 12.1. The molecule has 24 heavy (non-hydrogen) atoms. The number of benzene rings is 2. The summed E-state index contributed by atoms with van der Waals surface area (Å²) < 4.78 is 37.2. The lowest BCUT2D eigenvalue weighted by molar-refractivity contribution is -0.00532. The minimum Gasteiger partial charge on any atom is -0.426 e.